The third-order valence-corrected chi connectivity index (χ3v) is 4.44. The molecule has 7 heteroatoms. The number of hydrogen-bond acceptors (Lipinski definition) is 3. The van der Waals surface area contributed by atoms with Gasteiger partial charge in [0.05, 0.1) is 12.3 Å². The Morgan fingerprint density at radius 1 is 1.52 bits per heavy atom. The first-order chi connectivity index (χ1) is 10.9. The number of aliphatic hydroxyl groups is 1. The van der Waals surface area contributed by atoms with Crippen LogP contribution in [-0.4, -0.2) is 30.4 Å². The second kappa shape index (κ2) is 7.12. The molecule has 1 aromatic carbocycles. The van der Waals surface area contributed by atoms with Gasteiger partial charge in [-0.1, -0.05) is 25.5 Å². The molecule has 0 saturated heterocycles. The van der Waals surface area contributed by atoms with Crippen LogP contribution < -0.4 is 15.4 Å². The molecule has 0 bridgehead atoms. The minimum atomic E-state index is -2.96. The van der Waals surface area contributed by atoms with Crippen molar-refractivity contribution in [1.29, 1.82) is 0 Å². The molecule has 0 heterocycles. The monoisotopic (exact) mass is 328 g/mol. The van der Waals surface area contributed by atoms with E-state index in [0.717, 1.165) is 19.3 Å². The van der Waals surface area contributed by atoms with Gasteiger partial charge >= 0.3 is 12.6 Å². The third-order valence-electron chi connectivity index (χ3n) is 4.44. The molecule has 0 aromatic heterocycles. The molecule has 23 heavy (non-hydrogen) atoms. The molecule has 1 aliphatic rings. The molecule has 0 aliphatic heterocycles. The highest BCUT2D eigenvalue weighted by Gasteiger charge is 2.39. The van der Waals surface area contributed by atoms with Crippen molar-refractivity contribution in [2.45, 2.75) is 45.8 Å². The number of benzene rings is 1. The summed E-state index contributed by atoms with van der Waals surface area (Å²) in [6.45, 7) is 0.640. The summed E-state index contributed by atoms with van der Waals surface area (Å²) in [7, 11) is 0. The van der Waals surface area contributed by atoms with Gasteiger partial charge in [0.15, 0.2) is 0 Å². The summed E-state index contributed by atoms with van der Waals surface area (Å²) in [6.07, 6.45) is 2.53. The fraction of sp³-hybridized carbons (Fsp3) is 0.562. The molecule has 2 rings (SSSR count). The molecule has 2 atom stereocenters. The van der Waals surface area contributed by atoms with E-state index in [1.165, 1.54) is 6.07 Å². The Labute approximate surface area is 134 Å². The number of ether oxygens (including phenoxy) is 1. The molecule has 2 unspecified atom stereocenters. The maximum atomic E-state index is 12.5. The zero-order chi connectivity index (χ0) is 17.0. The number of anilines is 1. The summed E-state index contributed by atoms with van der Waals surface area (Å²) in [5.74, 6) is -0.0773. The molecule has 0 spiro atoms. The number of hydrogen-bond donors (Lipinski definition) is 3. The predicted molar refractivity (Wildman–Crippen MR) is 82.8 cm³/mol. The van der Waals surface area contributed by atoms with Crippen LogP contribution in [0.3, 0.4) is 0 Å². The van der Waals surface area contributed by atoms with E-state index in [0.29, 0.717) is 5.56 Å². The highest BCUT2D eigenvalue weighted by Crippen LogP contribution is 2.37. The van der Waals surface area contributed by atoms with Gasteiger partial charge in [-0.15, -0.1) is 0 Å². The van der Waals surface area contributed by atoms with E-state index < -0.39 is 12.6 Å². The molecule has 1 aliphatic carbocycles. The molecule has 3 N–H and O–H groups in total. The van der Waals surface area contributed by atoms with Crippen molar-refractivity contribution < 1.29 is 23.4 Å². The van der Waals surface area contributed by atoms with Crippen LogP contribution in [0, 0.1) is 12.3 Å². The number of aliphatic hydroxyl groups excluding tert-OH is 1. The van der Waals surface area contributed by atoms with Crippen molar-refractivity contribution in [3.8, 4) is 5.75 Å². The van der Waals surface area contributed by atoms with Gasteiger partial charge in [-0.05, 0) is 31.4 Å². The first-order valence-electron chi connectivity index (χ1n) is 7.58. The maximum absolute atomic E-state index is 12.5. The van der Waals surface area contributed by atoms with E-state index in [4.69, 9.17) is 0 Å². The van der Waals surface area contributed by atoms with E-state index in [1.807, 2.05) is 6.92 Å². The van der Waals surface area contributed by atoms with Gasteiger partial charge < -0.3 is 20.5 Å². The Bertz CT molecular complexity index is 568. The average Bonchev–Trinajstić information content (AvgIpc) is 2.84. The van der Waals surface area contributed by atoms with Crippen molar-refractivity contribution in [2.24, 2.45) is 5.41 Å². The van der Waals surface area contributed by atoms with E-state index in [2.05, 4.69) is 15.4 Å². The number of nitrogens with one attached hydrogen (secondary N) is 2. The van der Waals surface area contributed by atoms with Crippen LogP contribution in [0.15, 0.2) is 18.2 Å². The van der Waals surface area contributed by atoms with Crippen LogP contribution in [0.1, 0.15) is 31.7 Å². The van der Waals surface area contributed by atoms with Crippen molar-refractivity contribution >= 4 is 11.7 Å². The molecule has 0 radical (unpaired) electrons. The predicted octanol–water partition coefficient (Wildman–Crippen LogP) is 3.27. The second-order valence-corrected chi connectivity index (χ2v) is 6.18. The number of alkyl halides is 2. The Morgan fingerprint density at radius 3 is 2.91 bits per heavy atom. The summed E-state index contributed by atoms with van der Waals surface area (Å²) in [6, 6.07) is 4.00. The second-order valence-electron chi connectivity index (χ2n) is 6.18. The normalized spacial score (nSPS) is 23.8. The van der Waals surface area contributed by atoms with Gasteiger partial charge in [0.1, 0.15) is 5.75 Å². The fourth-order valence-corrected chi connectivity index (χ4v) is 2.97. The lowest BCUT2D eigenvalue weighted by Gasteiger charge is -2.30. The standard InChI is InChI=1S/C16H22F2N2O3/c1-10-5-3-6-11(23-14(17)18)13(10)20-15(22)19-12-7-4-8-16(12,2)9-21/h3,5-6,12,14,21H,4,7-9H2,1-2H3,(H2,19,20,22). The van der Waals surface area contributed by atoms with Gasteiger partial charge in [0.25, 0.3) is 0 Å². The first kappa shape index (κ1) is 17.5. The Kier molecular flexibility index (Phi) is 5.41. The topological polar surface area (TPSA) is 70.6 Å². The van der Waals surface area contributed by atoms with Crippen molar-refractivity contribution in [1.82, 2.24) is 5.32 Å². The van der Waals surface area contributed by atoms with Gasteiger partial charge in [-0.25, -0.2) is 4.79 Å². The van der Waals surface area contributed by atoms with Crippen molar-refractivity contribution in [3.63, 3.8) is 0 Å². The molecule has 128 valence electrons. The number of para-hydroxylation sites is 1. The quantitative estimate of drug-likeness (QED) is 0.777. The number of aryl methyl sites for hydroxylation is 1. The smallest absolute Gasteiger partial charge is 0.387 e. The Hall–Kier alpha value is -1.89. The van der Waals surface area contributed by atoms with Crippen molar-refractivity contribution in [3.05, 3.63) is 23.8 Å². The average molecular weight is 328 g/mol. The van der Waals surface area contributed by atoms with Crippen LogP contribution in [0.5, 0.6) is 5.75 Å². The van der Waals surface area contributed by atoms with Crippen LogP contribution in [0.2, 0.25) is 0 Å². The third kappa shape index (κ3) is 4.10. The molecular formula is C16H22F2N2O3. The van der Waals surface area contributed by atoms with E-state index in [-0.39, 0.29) is 29.5 Å². The number of carbonyl (C=O) groups is 1. The minimum Gasteiger partial charge on any atom is -0.433 e. The summed E-state index contributed by atoms with van der Waals surface area (Å²) in [5.41, 5.74) is 0.481. The number of rotatable bonds is 5. The largest absolute Gasteiger partial charge is 0.433 e. The van der Waals surface area contributed by atoms with E-state index >= 15 is 0 Å². The summed E-state index contributed by atoms with van der Waals surface area (Å²) >= 11 is 0. The fourth-order valence-electron chi connectivity index (χ4n) is 2.97. The first-order valence-corrected chi connectivity index (χ1v) is 7.58. The van der Waals surface area contributed by atoms with Gasteiger partial charge in [0, 0.05) is 11.5 Å². The van der Waals surface area contributed by atoms with Gasteiger partial charge in [0.2, 0.25) is 0 Å². The Morgan fingerprint density at radius 2 is 2.26 bits per heavy atom. The lowest BCUT2D eigenvalue weighted by Crippen LogP contribution is -2.46. The number of halogens is 2. The number of amides is 2. The summed E-state index contributed by atoms with van der Waals surface area (Å²) in [5, 5.41) is 14.9. The lowest BCUT2D eigenvalue weighted by molar-refractivity contribution is -0.0493. The molecule has 2 amide bonds. The van der Waals surface area contributed by atoms with Crippen LogP contribution in [0.25, 0.3) is 0 Å². The van der Waals surface area contributed by atoms with Gasteiger partial charge in [-0.2, -0.15) is 8.78 Å². The van der Waals surface area contributed by atoms with E-state index in [9.17, 15) is 18.7 Å². The maximum Gasteiger partial charge on any atom is 0.387 e. The van der Waals surface area contributed by atoms with Gasteiger partial charge in [-0.3, -0.25) is 0 Å². The Balaban J connectivity index is 2.08. The van der Waals surface area contributed by atoms with Crippen molar-refractivity contribution in [2.75, 3.05) is 11.9 Å². The summed E-state index contributed by atoms with van der Waals surface area (Å²) in [4.78, 5) is 12.2. The van der Waals surface area contributed by atoms with Crippen LogP contribution in [-0.2, 0) is 0 Å². The molecule has 1 fully saturated rings. The highest BCUT2D eigenvalue weighted by molar-refractivity contribution is 5.92. The number of urea groups is 1. The molecule has 5 nitrogen and oxygen atoms in total. The minimum absolute atomic E-state index is 0.0119. The zero-order valence-corrected chi connectivity index (χ0v) is 13.2. The number of carbonyl (C=O) groups excluding carboxylic acids is 1. The molecule has 1 aromatic rings. The van der Waals surface area contributed by atoms with Crippen LogP contribution in [0.4, 0.5) is 19.3 Å². The highest BCUT2D eigenvalue weighted by atomic mass is 19.3. The summed E-state index contributed by atoms with van der Waals surface area (Å²) < 4.78 is 29.4. The van der Waals surface area contributed by atoms with Crippen LogP contribution >= 0.6 is 0 Å². The SMILES string of the molecule is Cc1cccc(OC(F)F)c1NC(=O)NC1CCCC1(C)CO. The van der Waals surface area contributed by atoms with E-state index in [1.54, 1.807) is 19.1 Å². The molecular weight excluding hydrogens is 306 g/mol. The molecule has 1 saturated carbocycles. The lowest BCUT2D eigenvalue weighted by atomic mass is 9.86. The zero-order valence-electron chi connectivity index (χ0n) is 13.2.